The molecule has 1 amide bonds. The lowest BCUT2D eigenvalue weighted by Crippen LogP contribution is -2.18. The summed E-state index contributed by atoms with van der Waals surface area (Å²) >= 11 is 1.71. The molecule has 2 aliphatic rings. The zero-order valence-electron chi connectivity index (χ0n) is 14.3. The number of ether oxygens (including phenoxy) is 2. The van der Waals surface area contributed by atoms with Gasteiger partial charge in [-0.1, -0.05) is 12.1 Å². The SMILES string of the molecule is O=C(Nc1ccccc1OCC1CCCO1)c1csc2c1CCCC2. The van der Waals surface area contributed by atoms with E-state index in [0.29, 0.717) is 12.4 Å². The van der Waals surface area contributed by atoms with Gasteiger partial charge in [0.2, 0.25) is 0 Å². The predicted octanol–water partition coefficient (Wildman–Crippen LogP) is 4.44. The molecule has 5 heteroatoms. The van der Waals surface area contributed by atoms with Gasteiger partial charge >= 0.3 is 0 Å². The first-order chi connectivity index (χ1) is 12.3. The molecule has 1 atom stereocenters. The van der Waals surface area contributed by atoms with E-state index in [0.717, 1.165) is 43.5 Å². The molecule has 1 aliphatic carbocycles. The number of thiophene rings is 1. The van der Waals surface area contributed by atoms with Gasteiger partial charge in [-0.15, -0.1) is 11.3 Å². The molecule has 4 rings (SSSR count). The van der Waals surface area contributed by atoms with Crippen LogP contribution in [0.15, 0.2) is 29.6 Å². The van der Waals surface area contributed by atoms with Crippen LogP contribution in [0.5, 0.6) is 5.75 Å². The minimum atomic E-state index is -0.0347. The van der Waals surface area contributed by atoms with Crippen LogP contribution in [-0.2, 0) is 17.6 Å². The first kappa shape index (κ1) is 16.6. The summed E-state index contributed by atoms with van der Waals surface area (Å²) in [5.41, 5.74) is 2.79. The molecule has 0 saturated carbocycles. The van der Waals surface area contributed by atoms with Gasteiger partial charge in [0.15, 0.2) is 0 Å². The number of anilines is 1. The van der Waals surface area contributed by atoms with E-state index in [1.165, 1.54) is 23.3 Å². The lowest BCUT2D eigenvalue weighted by molar-refractivity contribution is 0.0682. The molecule has 0 bridgehead atoms. The second-order valence-electron chi connectivity index (χ2n) is 6.65. The van der Waals surface area contributed by atoms with Gasteiger partial charge in [-0.3, -0.25) is 4.79 Å². The number of para-hydroxylation sites is 2. The minimum absolute atomic E-state index is 0.0347. The normalized spacial score (nSPS) is 19.4. The molecule has 25 heavy (non-hydrogen) atoms. The third kappa shape index (κ3) is 3.72. The van der Waals surface area contributed by atoms with Gasteiger partial charge in [0.05, 0.1) is 17.4 Å². The van der Waals surface area contributed by atoms with Crippen molar-refractivity contribution in [3.63, 3.8) is 0 Å². The van der Waals surface area contributed by atoms with Crippen molar-refractivity contribution < 1.29 is 14.3 Å². The first-order valence-corrected chi connectivity index (χ1v) is 9.93. The fourth-order valence-electron chi connectivity index (χ4n) is 3.53. The fraction of sp³-hybridized carbons (Fsp3) is 0.450. The quantitative estimate of drug-likeness (QED) is 0.861. The van der Waals surface area contributed by atoms with E-state index in [9.17, 15) is 4.79 Å². The number of hydrogen-bond acceptors (Lipinski definition) is 4. The summed E-state index contributed by atoms with van der Waals surface area (Å²) < 4.78 is 11.5. The molecule has 2 aromatic rings. The Labute approximate surface area is 152 Å². The molecule has 1 fully saturated rings. The standard InChI is InChI=1S/C20H23NO3S/c22-20(16-13-25-19-10-4-1-7-15(16)19)21-17-8-2-3-9-18(17)24-12-14-6-5-11-23-14/h2-3,8-9,13-14H,1,4-7,10-12H2,(H,21,22). The van der Waals surface area contributed by atoms with Crippen molar-refractivity contribution in [3.05, 3.63) is 45.6 Å². The smallest absolute Gasteiger partial charge is 0.256 e. The largest absolute Gasteiger partial charge is 0.489 e. The van der Waals surface area contributed by atoms with Crippen LogP contribution in [0.1, 0.15) is 46.5 Å². The van der Waals surface area contributed by atoms with Crippen LogP contribution in [0.25, 0.3) is 0 Å². The highest BCUT2D eigenvalue weighted by Gasteiger charge is 2.21. The van der Waals surface area contributed by atoms with Gasteiger partial charge in [-0.2, -0.15) is 0 Å². The van der Waals surface area contributed by atoms with Gasteiger partial charge in [0, 0.05) is 16.9 Å². The van der Waals surface area contributed by atoms with E-state index >= 15 is 0 Å². The molecular weight excluding hydrogens is 334 g/mol. The molecule has 2 heterocycles. The Morgan fingerprint density at radius 2 is 2.12 bits per heavy atom. The number of hydrogen-bond donors (Lipinski definition) is 1. The molecule has 1 N–H and O–H groups in total. The summed E-state index contributed by atoms with van der Waals surface area (Å²) in [6.07, 6.45) is 6.81. The second-order valence-corrected chi connectivity index (χ2v) is 7.62. The van der Waals surface area contributed by atoms with Crippen molar-refractivity contribution in [2.75, 3.05) is 18.5 Å². The maximum absolute atomic E-state index is 12.8. The van der Waals surface area contributed by atoms with Gasteiger partial charge in [0.25, 0.3) is 5.91 Å². The van der Waals surface area contributed by atoms with Gasteiger partial charge in [-0.25, -0.2) is 0 Å². The summed E-state index contributed by atoms with van der Waals surface area (Å²) in [4.78, 5) is 14.1. The van der Waals surface area contributed by atoms with Crippen LogP contribution in [0.3, 0.4) is 0 Å². The predicted molar refractivity (Wildman–Crippen MR) is 99.8 cm³/mol. The number of benzene rings is 1. The van der Waals surface area contributed by atoms with E-state index in [4.69, 9.17) is 9.47 Å². The highest BCUT2D eigenvalue weighted by molar-refractivity contribution is 7.10. The van der Waals surface area contributed by atoms with Crippen molar-refractivity contribution >= 4 is 22.9 Å². The third-order valence-electron chi connectivity index (χ3n) is 4.89. The molecule has 132 valence electrons. The average Bonchev–Trinajstić information content (AvgIpc) is 3.30. The Hall–Kier alpha value is -1.85. The minimum Gasteiger partial charge on any atom is -0.489 e. The third-order valence-corrected chi connectivity index (χ3v) is 5.98. The van der Waals surface area contributed by atoms with E-state index in [-0.39, 0.29) is 12.0 Å². The zero-order valence-corrected chi connectivity index (χ0v) is 15.1. The zero-order chi connectivity index (χ0) is 17.1. The van der Waals surface area contributed by atoms with Crippen LogP contribution >= 0.6 is 11.3 Å². The maximum Gasteiger partial charge on any atom is 0.256 e. The van der Waals surface area contributed by atoms with Crippen LogP contribution in [0.2, 0.25) is 0 Å². The average molecular weight is 357 g/mol. The topological polar surface area (TPSA) is 47.6 Å². The van der Waals surface area contributed by atoms with E-state index in [2.05, 4.69) is 5.32 Å². The van der Waals surface area contributed by atoms with E-state index in [1.54, 1.807) is 11.3 Å². The van der Waals surface area contributed by atoms with Crippen molar-refractivity contribution in [3.8, 4) is 5.75 Å². The fourth-order valence-corrected chi connectivity index (χ4v) is 4.65. The molecule has 1 aromatic carbocycles. The molecular formula is C20H23NO3S. The molecule has 0 spiro atoms. The molecule has 0 radical (unpaired) electrons. The van der Waals surface area contributed by atoms with Gasteiger partial charge in [0.1, 0.15) is 12.4 Å². The summed E-state index contributed by atoms with van der Waals surface area (Å²) in [5.74, 6) is 0.669. The monoisotopic (exact) mass is 357 g/mol. The second kappa shape index (κ2) is 7.58. The number of fused-ring (bicyclic) bond motifs is 1. The number of nitrogens with one attached hydrogen (secondary N) is 1. The van der Waals surface area contributed by atoms with E-state index < -0.39 is 0 Å². The first-order valence-electron chi connectivity index (χ1n) is 9.05. The summed E-state index contributed by atoms with van der Waals surface area (Å²) in [5, 5.41) is 5.04. The van der Waals surface area contributed by atoms with E-state index in [1.807, 2.05) is 29.6 Å². The summed E-state index contributed by atoms with van der Waals surface area (Å²) in [6.45, 7) is 1.34. The van der Waals surface area contributed by atoms with Gasteiger partial charge in [-0.05, 0) is 56.2 Å². The van der Waals surface area contributed by atoms with Crippen LogP contribution in [0.4, 0.5) is 5.69 Å². The van der Waals surface area contributed by atoms with Crippen molar-refractivity contribution in [1.29, 1.82) is 0 Å². The Morgan fingerprint density at radius 3 is 3.00 bits per heavy atom. The molecule has 1 aliphatic heterocycles. The van der Waals surface area contributed by atoms with Crippen molar-refractivity contribution in [2.24, 2.45) is 0 Å². The Morgan fingerprint density at radius 1 is 1.24 bits per heavy atom. The van der Waals surface area contributed by atoms with Crippen LogP contribution in [0, 0.1) is 0 Å². The van der Waals surface area contributed by atoms with Crippen LogP contribution in [-0.4, -0.2) is 25.2 Å². The number of carbonyl (C=O) groups excluding carboxylic acids is 1. The number of amides is 1. The Bertz CT molecular complexity index is 749. The number of aryl methyl sites for hydroxylation is 1. The number of carbonyl (C=O) groups is 1. The Balaban J connectivity index is 1.46. The lowest BCUT2D eigenvalue weighted by atomic mass is 9.95. The maximum atomic E-state index is 12.8. The summed E-state index contributed by atoms with van der Waals surface area (Å²) in [7, 11) is 0. The summed E-state index contributed by atoms with van der Waals surface area (Å²) in [6, 6.07) is 7.62. The van der Waals surface area contributed by atoms with Crippen molar-refractivity contribution in [1.82, 2.24) is 0 Å². The Kier molecular flexibility index (Phi) is 5.04. The molecule has 4 nitrogen and oxygen atoms in total. The van der Waals surface area contributed by atoms with Gasteiger partial charge < -0.3 is 14.8 Å². The van der Waals surface area contributed by atoms with Crippen molar-refractivity contribution in [2.45, 2.75) is 44.6 Å². The molecule has 1 unspecified atom stereocenters. The molecule has 1 saturated heterocycles. The van der Waals surface area contributed by atoms with Crippen LogP contribution < -0.4 is 10.1 Å². The molecule has 1 aromatic heterocycles. The number of rotatable bonds is 5. The lowest BCUT2D eigenvalue weighted by Gasteiger charge is -2.16. The highest BCUT2D eigenvalue weighted by atomic mass is 32.1. The highest BCUT2D eigenvalue weighted by Crippen LogP contribution is 2.32.